The van der Waals surface area contributed by atoms with Gasteiger partial charge in [-0.2, -0.15) is 0 Å². The Bertz CT molecular complexity index is 71.1. The highest BCUT2D eigenvalue weighted by atomic mass is 32.2. The first-order valence-electron chi connectivity index (χ1n) is 4.08. The Morgan fingerprint density at radius 3 is 1.50 bits per heavy atom. The Hall–Kier alpha value is 0.780. The van der Waals surface area contributed by atoms with Crippen LogP contribution in [0.25, 0.3) is 0 Å². The number of thioether (sulfide) groups is 1. The number of hydrogen-bond acceptors (Lipinski definition) is 1. The molecule has 0 saturated heterocycles. The van der Waals surface area contributed by atoms with Crippen LogP contribution >= 0.6 is 19.0 Å². The lowest BCUT2D eigenvalue weighted by molar-refractivity contribution is 1.30. The lowest BCUT2D eigenvalue weighted by Gasteiger charge is -2.21. The van der Waals surface area contributed by atoms with Crippen molar-refractivity contribution in [2.24, 2.45) is 0 Å². The summed E-state index contributed by atoms with van der Waals surface area (Å²) in [5.41, 5.74) is 1.44. The maximum Gasteiger partial charge on any atom is 0.104 e. The molecule has 0 spiro atoms. The van der Waals surface area contributed by atoms with E-state index in [0.717, 1.165) is 0 Å². The van der Waals surface area contributed by atoms with E-state index in [1.165, 1.54) is 24.0 Å². The van der Waals surface area contributed by atoms with Crippen molar-refractivity contribution in [1.29, 1.82) is 0 Å². The van der Waals surface area contributed by atoms with Crippen molar-refractivity contribution in [3.8, 4) is 0 Å². The minimum atomic E-state index is -0.476. The normalized spacial score (nSPS) is 12.0. The van der Waals surface area contributed by atoms with E-state index in [4.69, 9.17) is 0 Å². The van der Waals surface area contributed by atoms with Gasteiger partial charge >= 0.3 is 0 Å². The second-order valence-electron chi connectivity index (χ2n) is 2.71. The van der Waals surface area contributed by atoms with Gasteiger partial charge < -0.3 is 0 Å². The minimum absolute atomic E-state index is 0.476. The molecular formula is C8H20PS+. The molecule has 0 aliphatic rings. The molecule has 0 fully saturated rings. The molecule has 2 heteroatoms. The average Bonchev–Trinajstić information content (AvgIpc) is 2.01. The van der Waals surface area contributed by atoms with Crippen molar-refractivity contribution in [2.75, 3.05) is 30.2 Å². The molecule has 10 heavy (non-hydrogen) atoms. The molecule has 0 rings (SSSR count). The summed E-state index contributed by atoms with van der Waals surface area (Å²) in [4.78, 5) is 0. The van der Waals surface area contributed by atoms with E-state index in [-0.39, 0.29) is 0 Å². The van der Waals surface area contributed by atoms with E-state index in [1.807, 2.05) is 11.8 Å². The molecule has 0 aromatic carbocycles. The van der Waals surface area contributed by atoms with Crippen molar-refractivity contribution in [3.05, 3.63) is 0 Å². The van der Waals surface area contributed by atoms with Crippen LogP contribution in [0, 0.1) is 0 Å². The van der Waals surface area contributed by atoms with Crippen LogP contribution < -0.4 is 0 Å². The van der Waals surface area contributed by atoms with Gasteiger partial charge in [0.2, 0.25) is 0 Å². The van der Waals surface area contributed by atoms with E-state index in [0.29, 0.717) is 0 Å². The monoisotopic (exact) mass is 179 g/mol. The van der Waals surface area contributed by atoms with E-state index < -0.39 is 7.26 Å². The summed E-state index contributed by atoms with van der Waals surface area (Å²) in [6.45, 7) is 7.07. The first-order chi connectivity index (χ1) is 4.74. The molecule has 0 atom stereocenters. The lowest BCUT2D eigenvalue weighted by atomic mass is 10.9. The molecular weight excluding hydrogens is 159 g/mol. The molecule has 0 bridgehead atoms. The van der Waals surface area contributed by atoms with Crippen molar-refractivity contribution in [1.82, 2.24) is 0 Å². The summed E-state index contributed by atoms with van der Waals surface area (Å²) in [5.74, 6) is 0. The van der Waals surface area contributed by atoms with Gasteiger partial charge in [-0.1, -0.05) is 0 Å². The highest BCUT2D eigenvalue weighted by Crippen LogP contribution is 2.59. The van der Waals surface area contributed by atoms with Crippen LogP contribution in [0.2, 0.25) is 0 Å². The van der Waals surface area contributed by atoms with Gasteiger partial charge in [-0.05, 0) is 27.0 Å². The highest BCUT2D eigenvalue weighted by Gasteiger charge is 2.29. The predicted molar refractivity (Wildman–Crippen MR) is 56.9 cm³/mol. The predicted octanol–water partition coefficient (Wildman–Crippen LogP) is 3.38. The van der Waals surface area contributed by atoms with Crippen LogP contribution in [0.15, 0.2) is 0 Å². The van der Waals surface area contributed by atoms with Gasteiger partial charge in [0.05, 0.1) is 18.5 Å². The van der Waals surface area contributed by atoms with Gasteiger partial charge in [0.25, 0.3) is 0 Å². The SMILES string of the molecule is CC[P+](CC)(CC)CSC. The molecule has 0 aromatic heterocycles. The fourth-order valence-corrected chi connectivity index (χ4v) is 6.94. The van der Waals surface area contributed by atoms with Crippen LogP contribution in [-0.4, -0.2) is 30.2 Å². The quantitative estimate of drug-likeness (QED) is 0.583. The Kier molecular flexibility index (Phi) is 5.86. The number of rotatable bonds is 5. The Morgan fingerprint density at radius 1 is 1.00 bits per heavy atom. The number of hydrogen-bond donors (Lipinski definition) is 0. The second-order valence-corrected chi connectivity index (χ2v) is 8.90. The van der Waals surface area contributed by atoms with E-state index >= 15 is 0 Å². The van der Waals surface area contributed by atoms with E-state index in [9.17, 15) is 0 Å². The van der Waals surface area contributed by atoms with Gasteiger partial charge in [-0.15, -0.1) is 11.8 Å². The van der Waals surface area contributed by atoms with E-state index in [1.54, 1.807) is 0 Å². The van der Waals surface area contributed by atoms with Crippen LogP contribution in [0.1, 0.15) is 20.8 Å². The zero-order valence-electron chi connectivity index (χ0n) is 7.68. The smallest absolute Gasteiger partial charge is 0.104 e. The van der Waals surface area contributed by atoms with Crippen LogP contribution in [-0.2, 0) is 0 Å². The fourth-order valence-electron chi connectivity index (χ4n) is 1.22. The molecule has 62 valence electrons. The van der Waals surface area contributed by atoms with Crippen molar-refractivity contribution >= 4 is 19.0 Å². The summed E-state index contributed by atoms with van der Waals surface area (Å²) < 4.78 is 0. The van der Waals surface area contributed by atoms with Crippen LogP contribution in [0.5, 0.6) is 0 Å². The van der Waals surface area contributed by atoms with Crippen molar-refractivity contribution in [2.45, 2.75) is 20.8 Å². The van der Waals surface area contributed by atoms with Gasteiger partial charge in [0.1, 0.15) is 5.49 Å². The third-order valence-electron chi connectivity index (χ3n) is 2.42. The molecule has 0 aliphatic carbocycles. The Labute approximate surface area is 70.5 Å². The summed E-state index contributed by atoms with van der Waals surface area (Å²) in [6, 6.07) is 0. The zero-order chi connectivity index (χ0) is 8.04. The second kappa shape index (κ2) is 5.43. The first-order valence-corrected chi connectivity index (χ1v) is 8.01. The molecule has 0 aromatic rings. The standard InChI is InChI=1S/C8H20PS/c1-5-9(6-2,7-3)8-10-4/h5-8H2,1-4H3/q+1. The molecule has 0 unspecified atom stereocenters. The lowest BCUT2D eigenvalue weighted by Crippen LogP contribution is -2.04. The maximum absolute atomic E-state index is 2.36. The van der Waals surface area contributed by atoms with E-state index in [2.05, 4.69) is 27.0 Å². The van der Waals surface area contributed by atoms with Gasteiger partial charge in [-0.3, -0.25) is 0 Å². The fraction of sp³-hybridized carbons (Fsp3) is 1.00. The minimum Gasteiger partial charge on any atom is -0.125 e. The summed E-state index contributed by atoms with van der Waals surface area (Å²) in [6.07, 6.45) is 6.57. The van der Waals surface area contributed by atoms with Gasteiger partial charge in [0, 0.05) is 7.26 Å². The first kappa shape index (κ1) is 10.8. The van der Waals surface area contributed by atoms with Crippen LogP contribution in [0.4, 0.5) is 0 Å². The largest absolute Gasteiger partial charge is 0.125 e. The summed E-state index contributed by atoms with van der Waals surface area (Å²) in [7, 11) is -0.476. The molecule has 0 nitrogen and oxygen atoms in total. The molecule has 0 radical (unpaired) electrons. The Morgan fingerprint density at radius 2 is 1.40 bits per heavy atom. The third kappa shape index (κ3) is 2.80. The molecule has 0 aliphatic heterocycles. The molecule has 0 saturated carbocycles. The molecule has 0 heterocycles. The molecule has 0 amide bonds. The summed E-state index contributed by atoms with van der Waals surface area (Å²) in [5, 5.41) is 0. The van der Waals surface area contributed by atoms with Gasteiger partial charge in [0.15, 0.2) is 0 Å². The molecule has 0 N–H and O–H groups in total. The Balaban J connectivity index is 3.87. The van der Waals surface area contributed by atoms with Crippen molar-refractivity contribution in [3.63, 3.8) is 0 Å². The topological polar surface area (TPSA) is 0 Å². The third-order valence-corrected chi connectivity index (χ3v) is 9.66. The van der Waals surface area contributed by atoms with Gasteiger partial charge in [-0.25, -0.2) is 0 Å². The zero-order valence-corrected chi connectivity index (χ0v) is 9.39. The maximum atomic E-state index is 2.36. The van der Waals surface area contributed by atoms with Crippen LogP contribution in [0.3, 0.4) is 0 Å². The highest BCUT2D eigenvalue weighted by molar-refractivity contribution is 8.07. The average molecular weight is 179 g/mol. The van der Waals surface area contributed by atoms with Crippen molar-refractivity contribution < 1.29 is 0 Å². The summed E-state index contributed by atoms with van der Waals surface area (Å²) >= 11 is 2.03.